The second-order valence-electron chi connectivity index (χ2n) is 7.28. The minimum Gasteiger partial charge on any atom is -0.496 e. The van der Waals surface area contributed by atoms with E-state index in [1.807, 2.05) is 23.1 Å². The average Bonchev–Trinajstić information content (AvgIpc) is 3.18. The summed E-state index contributed by atoms with van der Waals surface area (Å²) in [6, 6.07) is 5.59. The largest absolute Gasteiger partial charge is 0.496 e. The van der Waals surface area contributed by atoms with E-state index in [4.69, 9.17) is 9.47 Å². The van der Waals surface area contributed by atoms with Gasteiger partial charge in [0.25, 0.3) is 0 Å². The fourth-order valence-corrected chi connectivity index (χ4v) is 4.17. The monoisotopic (exact) mass is 385 g/mol. The van der Waals surface area contributed by atoms with Crippen molar-refractivity contribution in [2.24, 2.45) is 0 Å². The number of hydrogen-bond donors (Lipinski definition) is 1. The maximum absolute atomic E-state index is 12.9. The zero-order chi connectivity index (χ0) is 19.5. The van der Waals surface area contributed by atoms with Crippen molar-refractivity contribution < 1.29 is 14.3 Å². The lowest BCUT2D eigenvalue weighted by Gasteiger charge is -2.32. The molecule has 1 N–H and O–H groups in total. The molecule has 0 aliphatic carbocycles. The van der Waals surface area contributed by atoms with Crippen molar-refractivity contribution in [1.29, 1.82) is 0 Å². The molecule has 28 heavy (non-hydrogen) atoms. The lowest BCUT2D eigenvalue weighted by atomic mass is 9.95. The number of nitrogens with one attached hydrogen (secondary N) is 1. The van der Waals surface area contributed by atoms with Gasteiger partial charge in [-0.15, -0.1) is 10.2 Å². The second kappa shape index (κ2) is 8.18. The molecule has 0 bridgehead atoms. The first-order chi connectivity index (χ1) is 13.7. The van der Waals surface area contributed by atoms with Gasteiger partial charge in [-0.25, -0.2) is 0 Å². The van der Waals surface area contributed by atoms with Crippen molar-refractivity contribution in [3.8, 4) is 11.5 Å². The first-order valence-electron chi connectivity index (χ1n) is 9.81. The molecule has 2 aliphatic heterocycles. The SMILES string of the molecule is COc1cccc(OC)c1CC(=O)N1CCC(c2nnc3n2CCNC3)CC1. The molecule has 0 spiro atoms. The van der Waals surface area contributed by atoms with E-state index in [1.54, 1.807) is 14.2 Å². The van der Waals surface area contributed by atoms with Crippen LogP contribution >= 0.6 is 0 Å². The Balaban J connectivity index is 1.40. The fraction of sp³-hybridized carbons (Fsp3) is 0.550. The van der Waals surface area contributed by atoms with Crippen LogP contribution < -0.4 is 14.8 Å². The Morgan fingerprint density at radius 2 is 1.86 bits per heavy atom. The quantitative estimate of drug-likeness (QED) is 0.837. The van der Waals surface area contributed by atoms with Crippen LogP contribution in [0.1, 0.15) is 36.0 Å². The van der Waals surface area contributed by atoms with Crippen LogP contribution in [0.5, 0.6) is 11.5 Å². The molecule has 1 saturated heterocycles. The molecule has 8 heteroatoms. The van der Waals surface area contributed by atoms with Crippen LogP contribution in [0.3, 0.4) is 0 Å². The molecule has 0 saturated carbocycles. The van der Waals surface area contributed by atoms with E-state index in [9.17, 15) is 4.79 Å². The van der Waals surface area contributed by atoms with E-state index in [0.29, 0.717) is 17.4 Å². The van der Waals surface area contributed by atoms with Gasteiger partial charge in [-0.05, 0) is 25.0 Å². The normalized spacial score (nSPS) is 17.3. The molecule has 2 aliphatic rings. The number of piperidine rings is 1. The van der Waals surface area contributed by atoms with Crippen molar-refractivity contribution in [2.45, 2.75) is 38.3 Å². The summed E-state index contributed by atoms with van der Waals surface area (Å²) >= 11 is 0. The molecule has 3 heterocycles. The van der Waals surface area contributed by atoms with Crippen molar-refractivity contribution in [3.05, 3.63) is 35.4 Å². The summed E-state index contributed by atoms with van der Waals surface area (Å²) in [5, 5.41) is 12.1. The molecular formula is C20H27N5O3. The number of carbonyl (C=O) groups is 1. The van der Waals surface area contributed by atoms with Crippen LogP contribution in [0.25, 0.3) is 0 Å². The number of ether oxygens (including phenoxy) is 2. The van der Waals surface area contributed by atoms with Gasteiger partial charge in [0.05, 0.1) is 27.2 Å². The molecule has 1 aromatic heterocycles. The number of amides is 1. The predicted molar refractivity (Wildman–Crippen MR) is 104 cm³/mol. The van der Waals surface area contributed by atoms with Gasteiger partial charge in [0.15, 0.2) is 0 Å². The van der Waals surface area contributed by atoms with Gasteiger partial charge in [0.2, 0.25) is 5.91 Å². The highest BCUT2D eigenvalue weighted by molar-refractivity contribution is 5.80. The van der Waals surface area contributed by atoms with Crippen LogP contribution in [0, 0.1) is 0 Å². The summed E-state index contributed by atoms with van der Waals surface area (Å²) in [6.07, 6.45) is 2.12. The molecule has 1 aromatic carbocycles. The van der Waals surface area contributed by atoms with Gasteiger partial charge in [0.1, 0.15) is 23.1 Å². The molecule has 2 aromatic rings. The number of carbonyl (C=O) groups excluding carboxylic acids is 1. The van der Waals surface area contributed by atoms with Gasteiger partial charge in [-0.2, -0.15) is 0 Å². The lowest BCUT2D eigenvalue weighted by molar-refractivity contribution is -0.131. The number of benzene rings is 1. The van der Waals surface area contributed by atoms with E-state index in [-0.39, 0.29) is 12.3 Å². The summed E-state index contributed by atoms with van der Waals surface area (Å²) < 4.78 is 13.1. The number of hydrogen-bond acceptors (Lipinski definition) is 6. The zero-order valence-electron chi connectivity index (χ0n) is 16.5. The Hall–Kier alpha value is -2.61. The van der Waals surface area contributed by atoms with E-state index >= 15 is 0 Å². The molecule has 0 atom stereocenters. The second-order valence-corrected chi connectivity index (χ2v) is 7.28. The molecule has 0 radical (unpaired) electrons. The number of methoxy groups -OCH3 is 2. The highest BCUT2D eigenvalue weighted by Crippen LogP contribution is 2.31. The Kier molecular flexibility index (Phi) is 5.47. The van der Waals surface area contributed by atoms with Crippen molar-refractivity contribution in [1.82, 2.24) is 25.0 Å². The Morgan fingerprint density at radius 1 is 1.14 bits per heavy atom. The number of nitrogens with zero attached hydrogens (tertiary/aromatic N) is 4. The maximum Gasteiger partial charge on any atom is 0.227 e. The molecule has 1 fully saturated rings. The molecule has 0 unspecified atom stereocenters. The van der Waals surface area contributed by atoms with Crippen LogP contribution in [-0.4, -0.2) is 59.4 Å². The Bertz CT molecular complexity index is 820. The molecule has 8 nitrogen and oxygen atoms in total. The molecule has 150 valence electrons. The maximum atomic E-state index is 12.9. The first kappa shape index (κ1) is 18.7. The number of likely N-dealkylation sites (tertiary alicyclic amines) is 1. The van der Waals surface area contributed by atoms with Crippen LogP contribution in [0.15, 0.2) is 18.2 Å². The smallest absolute Gasteiger partial charge is 0.227 e. The summed E-state index contributed by atoms with van der Waals surface area (Å²) in [4.78, 5) is 14.8. The van der Waals surface area contributed by atoms with Crippen LogP contribution in [0.4, 0.5) is 0 Å². The zero-order valence-corrected chi connectivity index (χ0v) is 16.5. The Labute approximate surface area is 164 Å². The van der Waals surface area contributed by atoms with Crippen molar-refractivity contribution in [2.75, 3.05) is 33.9 Å². The number of aromatic nitrogens is 3. The molecule has 1 amide bonds. The third-order valence-electron chi connectivity index (χ3n) is 5.72. The standard InChI is InChI=1S/C20H27N5O3/c1-27-16-4-3-5-17(28-2)15(16)12-19(26)24-9-6-14(7-10-24)20-23-22-18-13-21-8-11-25(18)20/h3-5,14,21H,6-13H2,1-2H3. The lowest BCUT2D eigenvalue weighted by Crippen LogP contribution is -2.39. The third kappa shape index (κ3) is 3.56. The summed E-state index contributed by atoms with van der Waals surface area (Å²) in [5.74, 6) is 3.94. The van der Waals surface area contributed by atoms with Gasteiger partial charge in [-0.1, -0.05) is 6.07 Å². The first-order valence-corrected chi connectivity index (χ1v) is 9.81. The van der Waals surface area contributed by atoms with Crippen LogP contribution in [-0.2, 0) is 24.3 Å². The minimum atomic E-state index is 0.105. The average molecular weight is 385 g/mol. The highest BCUT2D eigenvalue weighted by atomic mass is 16.5. The fourth-order valence-electron chi connectivity index (χ4n) is 4.17. The minimum absolute atomic E-state index is 0.105. The topological polar surface area (TPSA) is 81.5 Å². The van der Waals surface area contributed by atoms with Gasteiger partial charge in [0, 0.05) is 37.7 Å². The molecule has 4 rings (SSSR count). The van der Waals surface area contributed by atoms with E-state index in [2.05, 4.69) is 20.1 Å². The summed E-state index contributed by atoms with van der Waals surface area (Å²) in [5.41, 5.74) is 0.804. The van der Waals surface area contributed by atoms with E-state index in [1.165, 1.54) is 0 Å². The van der Waals surface area contributed by atoms with Gasteiger partial charge >= 0.3 is 0 Å². The van der Waals surface area contributed by atoms with Gasteiger partial charge in [-0.3, -0.25) is 4.79 Å². The van der Waals surface area contributed by atoms with Crippen LogP contribution in [0.2, 0.25) is 0 Å². The molecular weight excluding hydrogens is 358 g/mol. The van der Waals surface area contributed by atoms with Crippen molar-refractivity contribution in [3.63, 3.8) is 0 Å². The van der Waals surface area contributed by atoms with E-state index in [0.717, 1.165) is 62.8 Å². The summed E-state index contributed by atoms with van der Waals surface area (Å²) in [6.45, 7) is 4.13. The van der Waals surface area contributed by atoms with E-state index < -0.39 is 0 Å². The number of rotatable bonds is 5. The Morgan fingerprint density at radius 3 is 2.54 bits per heavy atom. The van der Waals surface area contributed by atoms with Gasteiger partial charge < -0.3 is 24.3 Å². The summed E-state index contributed by atoms with van der Waals surface area (Å²) in [7, 11) is 3.23. The highest BCUT2D eigenvalue weighted by Gasteiger charge is 2.29. The predicted octanol–water partition coefficient (Wildman–Crippen LogP) is 1.35. The van der Waals surface area contributed by atoms with Crippen molar-refractivity contribution >= 4 is 5.91 Å². The third-order valence-corrected chi connectivity index (χ3v) is 5.72. The number of fused-ring (bicyclic) bond motifs is 1.